The Balaban J connectivity index is 1.64. The van der Waals surface area contributed by atoms with E-state index >= 15 is 0 Å². The molecule has 1 unspecified atom stereocenters. The van der Waals surface area contributed by atoms with Gasteiger partial charge in [0, 0.05) is 36.8 Å². The van der Waals surface area contributed by atoms with Crippen LogP contribution >= 0.6 is 23.2 Å². The molecule has 170 valence electrons. The van der Waals surface area contributed by atoms with Crippen molar-refractivity contribution in [3.63, 3.8) is 0 Å². The summed E-state index contributed by atoms with van der Waals surface area (Å²) >= 11 is 12.1. The van der Waals surface area contributed by atoms with Crippen molar-refractivity contribution in [3.8, 4) is 0 Å². The van der Waals surface area contributed by atoms with Gasteiger partial charge in [-0.2, -0.15) is 0 Å². The largest absolute Gasteiger partial charge is 0.340 e. The Morgan fingerprint density at radius 1 is 0.938 bits per heavy atom. The van der Waals surface area contributed by atoms with Crippen molar-refractivity contribution in [2.75, 3.05) is 26.2 Å². The molecule has 3 rings (SSSR count). The van der Waals surface area contributed by atoms with Crippen LogP contribution in [-0.4, -0.2) is 59.7 Å². The standard InChI is InChI=1S/C24H27Cl2N3O3/c1-16(2)14-21(27-22(30)19-9-8-18(25)15-20(19)26)24(32)29-12-10-28(11-13-29)23(31)17-6-4-3-5-7-17/h3-9,15-16,21H,10-14H2,1-2H3,(H,27,30). The lowest BCUT2D eigenvalue weighted by Gasteiger charge is -2.37. The molecule has 0 radical (unpaired) electrons. The van der Waals surface area contributed by atoms with E-state index in [0.717, 1.165) is 0 Å². The summed E-state index contributed by atoms with van der Waals surface area (Å²) in [5, 5.41) is 3.51. The van der Waals surface area contributed by atoms with Crippen LogP contribution in [-0.2, 0) is 4.79 Å². The molecule has 1 aliphatic rings. The number of halogens is 2. The van der Waals surface area contributed by atoms with E-state index in [4.69, 9.17) is 23.2 Å². The number of benzene rings is 2. The lowest BCUT2D eigenvalue weighted by molar-refractivity contribution is -0.135. The molecular weight excluding hydrogens is 449 g/mol. The summed E-state index contributed by atoms with van der Waals surface area (Å²) in [7, 11) is 0. The fourth-order valence-corrected chi connectivity index (χ4v) is 4.21. The minimum atomic E-state index is -0.675. The first-order chi connectivity index (χ1) is 15.3. The third-order valence-electron chi connectivity index (χ3n) is 5.39. The summed E-state index contributed by atoms with van der Waals surface area (Å²) in [4.78, 5) is 42.2. The van der Waals surface area contributed by atoms with Crippen molar-refractivity contribution in [2.45, 2.75) is 26.3 Å². The zero-order valence-electron chi connectivity index (χ0n) is 18.2. The zero-order valence-corrected chi connectivity index (χ0v) is 19.7. The van der Waals surface area contributed by atoms with Gasteiger partial charge in [-0.1, -0.05) is 55.2 Å². The normalized spacial score (nSPS) is 14.9. The average molecular weight is 476 g/mol. The number of amides is 3. The van der Waals surface area contributed by atoms with Gasteiger partial charge in [-0.15, -0.1) is 0 Å². The summed E-state index contributed by atoms with van der Waals surface area (Å²) in [6, 6.07) is 13.1. The van der Waals surface area contributed by atoms with Crippen molar-refractivity contribution >= 4 is 40.9 Å². The van der Waals surface area contributed by atoms with Crippen LogP contribution in [0.25, 0.3) is 0 Å². The second-order valence-corrected chi connectivity index (χ2v) is 9.11. The second kappa shape index (κ2) is 10.8. The zero-order chi connectivity index (χ0) is 23.3. The van der Waals surface area contributed by atoms with Gasteiger partial charge in [0.05, 0.1) is 10.6 Å². The highest BCUT2D eigenvalue weighted by Gasteiger charge is 2.31. The van der Waals surface area contributed by atoms with Crippen molar-refractivity contribution in [3.05, 3.63) is 69.7 Å². The Bertz CT molecular complexity index is 974. The average Bonchev–Trinajstić information content (AvgIpc) is 2.78. The summed E-state index contributed by atoms with van der Waals surface area (Å²) < 4.78 is 0. The molecule has 8 heteroatoms. The van der Waals surface area contributed by atoms with Crippen molar-refractivity contribution in [1.29, 1.82) is 0 Å². The highest BCUT2D eigenvalue weighted by molar-refractivity contribution is 6.36. The first-order valence-corrected chi connectivity index (χ1v) is 11.4. The van der Waals surface area contributed by atoms with E-state index < -0.39 is 11.9 Å². The van der Waals surface area contributed by atoms with Crippen molar-refractivity contribution in [1.82, 2.24) is 15.1 Å². The van der Waals surface area contributed by atoms with E-state index in [1.807, 2.05) is 32.0 Å². The number of carbonyl (C=O) groups is 3. The van der Waals surface area contributed by atoms with Gasteiger partial charge >= 0.3 is 0 Å². The summed E-state index contributed by atoms with van der Waals surface area (Å²) in [5.41, 5.74) is 0.910. The van der Waals surface area contributed by atoms with Gasteiger partial charge in [0.2, 0.25) is 5.91 Å². The van der Waals surface area contributed by atoms with Gasteiger partial charge in [-0.3, -0.25) is 14.4 Å². The molecule has 2 aromatic carbocycles. The van der Waals surface area contributed by atoms with E-state index in [0.29, 0.717) is 43.2 Å². The lowest BCUT2D eigenvalue weighted by atomic mass is 10.0. The van der Waals surface area contributed by atoms with Crippen LogP contribution < -0.4 is 5.32 Å². The molecule has 32 heavy (non-hydrogen) atoms. The molecule has 1 aliphatic heterocycles. The molecule has 6 nitrogen and oxygen atoms in total. The summed E-state index contributed by atoms with van der Waals surface area (Å²) in [6.45, 7) is 5.74. The topological polar surface area (TPSA) is 69.7 Å². The molecule has 1 N–H and O–H groups in total. The van der Waals surface area contributed by atoms with Gasteiger partial charge in [0.25, 0.3) is 11.8 Å². The van der Waals surface area contributed by atoms with Gasteiger partial charge in [-0.25, -0.2) is 0 Å². The molecule has 2 aromatic rings. The fraction of sp³-hybridized carbons (Fsp3) is 0.375. The summed E-state index contributed by atoms with van der Waals surface area (Å²) in [6.07, 6.45) is 0.499. The molecule has 1 heterocycles. The van der Waals surface area contributed by atoms with Crippen molar-refractivity contribution in [2.24, 2.45) is 5.92 Å². The van der Waals surface area contributed by atoms with Gasteiger partial charge in [0.1, 0.15) is 6.04 Å². The highest BCUT2D eigenvalue weighted by atomic mass is 35.5. The second-order valence-electron chi connectivity index (χ2n) is 8.26. The van der Waals surface area contributed by atoms with Crippen LogP contribution in [0.4, 0.5) is 0 Å². The van der Waals surface area contributed by atoms with Crippen molar-refractivity contribution < 1.29 is 14.4 Å². The Morgan fingerprint density at radius 2 is 1.56 bits per heavy atom. The number of rotatable bonds is 6. The fourth-order valence-electron chi connectivity index (χ4n) is 3.72. The van der Waals surface area contributed by atoms with E-state index in [2.05, 4.69) is 5.32 Å². The lowest BCUT2D eigenvalue weighted by Crippen LogP contribution is -2.56. The first kappa shape index (κ1) is 24.1. The number of nitrogens with one attached hydrogen (secondary N) is 1. The molecule has 1 fully saturated rings. The van der Waals surface area contributed by atoms with Crippen LogP contribution in [0.5, 0.6) is 0 Å². The molecule has 3 amide bonds. The van der Waals surface area contributed by atoms with Crippen LogP contribution in [0.2, 0.25) is 10.0 Å². The van der Waals surface area contributed by atoms with E-state index in [1.54, 1.807) is 34.1 Å². The van der Waals surface area contributed by atoms with Crippen LogP contribution in [0.3, 0.4) is 0 Å². The molecule has 0 spiro atoms. The van der Waals surface area contributed by atoms with Crippen LogP contribution in [0, 0.1) is 5.92 Å². The Kier molecular flexibility index (Phi) is 8.15. The SMILES string of the molecule is CC(C)CC(NC(=O)c1ccc(Cl)cc1Cl)C(=O)N1CCN(C(=O)c2ccccc2)CC1. The van der Waals surface area contributed by atoms with Gasteiger partial charge < -0.3 is 15.1 Å². The minimum Gasteiger partial charge on any atom is -0.340 e. The minimum absolute atomic E-state index is 0.0397. The molecule has 0 bridgehead atoms. The third-order valence-corrected chi connectivity index (χ3v) is 5.93. The maximum Gasteiger partial charge on any atom is 0.253 e. The predicted molar refractivity (Wildman–Crippen MR) is 126 cm³/mol. The van der Waals surface area contributed by atoms with Crippen LogP contribution in [0.1, 0.15) is 41.0 Å². The maximum absolute atomic E-state index is 13.2. The van der Waals surface area contributed by atoms with Crippen LogP contribution in [0.15, 0.2) is 48.5 Å². The Morgan fingerprint density at radius 3 is 2.16 bits per heavy atom. The number of hydrogen-bond acceptors (Lipinski definition) is 3. The first-order valence-electron chi connectivity index (χ1n) is 10.6. The smallest absolute Gasteiger partial charge is 0.253 e. The number of nitrogens with zero attached hydrogens (tertiary/aromatic N) is 2. The quantitative estimate of drug-likeness (QED) is 0.682. The number of piperazine rings is 1. The maximum atomic E-state index is 13.2. The highest BCUT2D eigenvalue weighted by Crippen LogP contribution is 2.21. The summed E-state index contributed by atoms with van der Waals surface area (Å²) in [5.74, 6) is -0.402. The predicted octanol–water partition coefficient (Wildman–Crippen LogP) is 4.12. The van der Waals surface area contributed by atoms with Gasteiger partial charge in [0.15, 0.2) is 0 Å². The molecule has 0 aromatic heterocycles. The molecule has 0 saturated carbocycles. The van der Waals surface area contributed by atoms with E-state index in [-0.39, 0.29) is 28.3 Å². The third kappa shape index (κ3) is 6.02. The van der Waals surface area contributed by atoms with E-state index in [1.165, 1.54) is 6.07 Å². The number of hydrogen-bond donors (Lipinski definition) is 1. The van der Waals surface area contributed by atoms with E-state index in [9.17, 15) is 14.4 Å². The molecule has 1 saturated heterocycles. The monoisotopic (exact) mass is 475 g/mol. The Hall–Kier alpha value is -2.57. The molecular formula is C24H27Cl2N3O3. The number of carbonyl (C=O) groups excluding carboxylic acids is 3. The van der Waals surface area contributed by atoms with Gasteiger partial charge in [-0.05, 0) is 42.7 Å². The molecule has 1 atom stereocenters. The molecule has 0 aliphatic carbocycles. The Labute approximate surface area is 198 Å².